The summed E-state index contributed by atoms with van der Waals surface area (Å²) in [7, 11) is -3.66. The molecule has 0 atom stereocenters. The Bertz CT molecular complexity index is 955. The van der Waals surface area contributed by atoms with Crippen molar-refractivity contribution in [1.29, 1.82) is 0 Å². The third kappa shape index (κ3) is 2.40. The first kappa shape index (κ1) is 14.4. The van der Waals surface area contributed by atoms with Crippen LogP contribution in [0.25, 0.3) is 10.9 Å². The second-order valence-corrected chi connectivity index (χ2v) is 6.83. The average molecular weight is 311 g/mol. The minimum Gasteiger partial charge on any atom is -0.295 e. The highest BCUT2D eigenvalue weighted by Crippen LogP contribution is 2.27. The van der Waals surface area contributed by atoms with E-state index in [0.29, 0.717) is 16.5 Å². The number of sulfone groups is 1. The van der Waals surface area contributed by atoms with Gasteiger partial charge in [-0.25, -0.2) is 8.42 Å². The van der Waals surface area contributed by atoms with Gasteiger partial charge in [-0.3, -0.25) is 9.78 Å². The van der Waals surface area contributed by atoms with Gasteiger partial charge < -0.3 is 0 Å². The van der Waals surface area contributed by atoms with Crippen molar-refractivity contribution < 1.29 is 13.2 Å². The molecule has 2 aromatic carbocycles. The summed E-state index contributed by atoms with van der Waals surface area (Å²) >= 11 is 0. The van der Waals surface area contributed by atoms with Gasteiger partial charge >= 0.3 is 0 Å². The van der Waals surface area contributed by atoms with E-state index in [0.717, 1.165) is 0 Å². The summed E-state index contributed by atoms with van der Waals surface area (Å²) in [4.78, 5) is 15.8. The van der Waals surface area contributed by atoms with E-state index < -0.39 is 9.84 Å². The molecular formula is C17H13NO3S. The van der Waals surface area contributed by atoms with Crippen molar-refractivity contribution in [2.24, 2.45) is 0 Å². The van der Waals surface area contributed by atoms with E-state index in [1.54, 1.807) is 18.2 Å². The molecule has 22 heavy (non-hydrogen) atoms. The highest BCUT2D eigenvalue weighted by atomic mass is 32.2. The number of para-hydroxylation sites is 1. The molecule has 0 fully saturated rings. The molecule has 5 heteroatoms. The minimum atomic E-state index is -3.66. The molecule has 0 unspecified atom stereocenters. The van der Waals surface area contributed by atoms with E-state index in [1.807, 2.05) is 6.07 Å². The third-order valence-electron chi connectivity index (χ3n) is 3.47. The van der Waals surface area contributed by atoms with Crippen LogP contribution < -0.4 is 0 Å². The zero-order chi connectivity index (χ0) is 15.7. The number of Topliss-reactive ketones (excluding diaryl/α,β-unsaturated/α-hetero) is 1. The van der Waals surface area contributed by atoms with Gasteiger partial charge in [-0.2, -0.15) is 0 Å². The van der Waals surface area contributed by atoms with Crippen molar-refractivity contribution in [2.75, 3.05) is 0 Å². The van der Waals surface area contributed by atoms with Crippen LogP contribution >= 0.6 is 0 Å². The Balaban J connectivity index is 2.18. The highest BCUT2D eigenvalue weighted by Gasteiger charge is 2.20. The van der Waals surface area contributed by atoms with Crippen LogP contribution in [0, 0.1) is 0 Å². The molecule has 0 aliphatic rings. The van der Waals surface area contributed by atoms with Crippen LogP contribution in [0.1, 0.15) is 17.3 Å². The van der Waals surface area contributed by atoms with Gasteiger partial charge in [0.25, 0.3) is 0 Å². The Hall–Kier alpha value is -2.53. The lowest BCUT2D eigenvalue weighted by molar-refractivity contribution is 0.101. The summed E-state index contributed by atoms with van der Waals surface area (Å²) in [6.45, 7) is 1.44. The van der Waals surface area contributed by atoms with E-state index in [1.165, 1.54) is 43.5 Å². The van der Waals surface area contributed by atoms with E-state index in [-0.39, 0.29) is 15.6 Å². The molecule has 0 spiro atoms. The van der Waals surface area contributed by atoms with Crippen LogP contribution in [0.3, 0.4) is 0 Å². The van der Waals surface area contributed by atoms with Crippen molar-refractivity contribution in [2.45, 2.75) is 16.7 Å². The first-order valence-electron chi connectivity index (χ1n) is 6.70. The summed E-state index contributed by atoms with van der Waals surface area (Å²) in [6, 6.07) is 14.6. The Morgan fingerprint density at radius 2 is 1.64 bits per heavy atom. The fourth-order valence-corrected chi connectivity index (χ4v) is 3.75. The Morgan fingerprint density at radius 1 is 0.955 bits per heavy atom. The zero-order valence-electron chi connectivity index (χ0n) is 11.9. The molecule has 0 saturated heterocycles. The molecule has 0 saturated carbocycles. The third-order valence-corrected chi connectivity index (χ3v) is 5.30. The number of fused-ring (bicyclic) bond motifs is 1. The number of aromatic nitrogens is 1. The van der Waals surface area contributed by atoms with Crippen LogP contribution in [0.15, 0.2) is 70.6 Å². The summed E-state index contributed by atoms with van der Waals surface area (Å²) in [5.74, 6) is -0.0988. The average Bonchev–Trinajstić information content (AvgIpc) is 2.54. The Labute approximate surface area is 128 Å². The summed E-state index contributed by atoms with van der Waals surface area (Å²) in [6.07, 6.45) is 1.49. The number of hydrogen-bond acceptors (Lipinski definition) is 4. The molecule has 0 aliphatic carbocycles. The van der Waals surface area contributed by atoms with Gasteiger partial charge in [0.15, 0.2) is 5.78 Å². The standard InChI is InChI=1S/C17H13NO3S/c1-12(19)13-6-8-14(9-7-13)22(20,21)17-10-11-18-16-5-3-2-4-15(16)17/h2-11H,1H3. The van der Waals surface area contributed by atoms with Crippen LogP contribution in [0.2, 0.25) is 0 Å². The Kier molecular flexibility index (Phi) is 3.50. The molecule has 0 radical (unpaired) electrons. The summed E-state index contributed by atoms with van der Waals surface area (Å²) < 4.78 is 25.6. The number of carbonyl (C=O) groups is 1. The molecule has 1 heterocycles. The molecule has 0 aliphatic heterocycles. The number of pyridine rings is 1. The first-order chi connectivity index (χ1) is 10.5. The van der Waals surface area contributed by atoms with Gasteiger partial charge in [0.05, 0.1) is 15.3 Å². The molecule has 0 bridgehead atoms. The first-order valence-corrected chi connectivity index (χ1v) is 8.18. The maximum atomic E-state index is 12.8. The van der Waals surface area contributed by atoms with Gasteiger partial charge in [0.2, 0.25) is 9.84 Å². The van der Waals surface area contributed by atoms with Gasteiger partial charge in [-0.1, -0.05) is 30.3 Å². The molecule has 3 aromatic rings. The fourth-order valence-electron chi connectivity index (χ4n) is 2.30. The topological polar surface area (TPSA) is 64.1 Å². The predicted octanol–water partition coefficient (Wildman–Crippen LogP) is 3.27. The molecule has 1 aromatic heterocycles. The smallest absolute Gasteiger partial charge is 0.207 e. The molecule has 0 amide bonds. The second kappa shape index (κ2) is 5.35. The summed E-state index contributed by atoms with van der Waals surface area (Å²) in [5, 5.41) is 0.584. The Morgan fingerprint density at radius 3 is 2.32 bits per heavy atom. The fraction of sp³-hybridized carbons (Fsp3) is 0.0588. The van der Waals surface area contributed by atoms with Gasteiger partial charge in [0, 0.05) is 17.1 Å². The number of nitrogens with zero attached hydrogens (tertiary/aromatic N) is 1. The SMILES string of the molecule is CC(=O)c1ccc(S(=O)(=O)c2ccnc3ccccc23)cc1. The lowest BCUT2D eigenvalue weighted by atomic mass is 10.2. The van der Waals surface area contributed by atoms with Gasteiger partial charge in [-0.05, 0) is 31.2 Å². The van der Waals surface area contributed by atoms with Gasteiger partial charge in [-0.15, -0.1) is 0 Å². The highest BCUT2D eigenvalue weighted by molar-refractivity contribution is 7.91. The van der Waals surface area contributed by atoms with Crippen LogP contribution in [0.4, 0.5) is 0 Å². The van der Waals surface area contributed by atoms with E-state index >= 15 is 0 Å². The van der Waals surface area contributed by atoms with Gasteiger partial charge in [0.1, 0.15) is 0 Å². The maximum absolute atomic E-state index is 12.8. The molecule has 4 nitrogen and oxygen atoms in total. The lowest BCUT2D eigenvalue weighted by Gasteiger charge is -2.08. The van der Waals surface area contributed by atoms with Crippen LogP contribution in [-0.2, 0) is 9.84 Å². The lowest BCUT2D eigenvalue weighted by Crippen LogP contribution is -2.04. The number of carbonyl (C=O) groups excluding carboxylic acids is 1. The number of hydrogen-bond donors (Lipinski definition) is 0. The second-order valence-electron chi connectivity index (χ2n) is 4.91. The summed E-state index contributed by atoms with van der Waals surface area (Å²) in [5.41, 5.74) is 1.11. The van der Waals surface area contributed by atoms with Crippen LogP contribution in [0.5, 0.6) is 0 Å². The van der Waals surface area contributed by atoms with Crippen LogP contribution in [-0.4, -0.2) is 19.2 Å². The van der Waals surface area contributed by atoms with Crippen molar-refractivity contribution in [3.8, 4) is 0 Å². The van der Waals surface area contributed by atoms with Crippen molar-refractivity contribution in [3.05, 3.63) is 66.4 Å². The number of benzene rings is 2. The number of ketones is 1. The maximum Gasteiger partial charge on any atom is 0.207 e. The quantitative estimate of drug-likeness (QED) is 0.696. The van der Waals surface area contributed by atoms with Crippen molar-refractivity contribution >= 4 is 26.5 Å². The number of rotatable bonds is 3. The largest absolute Gasteiger partial charge is 0.295 e. The van der Waals surface area contributed by atoms with E-state index in [2.05, 4.69) is 4.98 Å². The predicted molar refractivity (Wildman–Crippen MR) is 83.6 cm³/mol. The monoisotopic (exact) mass is 311 g/mol. The molecule has 3 rings (SSSR count). The minimum absolute atomic E-state index is 0.0988. The normalized spacial score (nSPS) is 11.5. The van der Waals surface area contributed by atoms with Crippen molar-refractivity contribution in [3.63, 3.8) is 0 Å². The van der Waals surface area contributed by atoms with Crippen molar-refractivity contribution in [1.82, 2.24) is 4.98 Å². The van der Waals surface area contributed by atoms with E-state index in [9.17, 15) is 13.2 Å². The van der Waals surface area contributed by atoms with E-state index in [4.69, 9.17) is 0 Å². The molecule has 0 N–H and O–H groups in total. The zero-order valence-corrected chi connectivity index (χ0v) is 12.7. The molecule has 110 valence electrons. The molecular weight excluding hydrogens is 298 g/mol.